The molecule has 0 spiro atoms. The smallest absolute Gasteiger partial charge is 0.511 e. The lowest BCUT2D eigenvalue weighted by Crippen LogP contribution is -2.46. The third-order valence-corrected chi connectivity index (χ3v) is 1.05. The zero-order valence-corrected chi connectivity index (χ0v) is 6.34. The molecule has 0 bridgehead atoms. The standard InChI is InChI=1S/C2H6O7Si.H3N/c3-1(4)2(5,6)9-10(7)8;/h1,3-7H;1H3. The summed E-state index contributed by atoms with van der Waals surface area (Å²) in [5.74, 6) is -3.38. The Labute approximate surface area is 62.8 Å². The Kier molecular flexibility index (Phi) is 5.13. The molecule has 0 aromatic rings. The number of aliphatic hydroxyl groups is 4. The van der Waals surface area contributed by atoms with Gasteiger partial charge in [0.05, 0.1) is 0 Å². The minimum Gasteiger partial charge on any atom is -0.511 e. The Morgan fingerprint density at radius 2 is 1.73 bits per heavy atom. The van der Waals surface area contributed by atoms with Gasteiger partial charge in [0, 0.05) is 0 Å². The van der Waals surface area contributed by atoms with Crippen molar-refractivity contribution in [2.24, 2.45) is 0 Å². The van der Waals surface area contributed by atoms with Crippen molar-refractivity contribution in [3.63, 3.8) is 0 Å². The molecule has 0 aromatic carbocycles. The second-order valence-electron chi connectivity index (χ2n) is 1.40. The first kappa shape index (κ1) is 13.0. The van der Waals surface area contributed by atoms with Crippen molar-refractivity contribution in [3.8, 4) is 0 Å². The van der Waals surface area contributed by atoms with E-state index < -0.39 is 21.4 Å². The van der Waals surface area contributed by atoms with E-state index in [4.69, 9.17) is 25.2 Å². The van der Waals surface area contributed by atoms with Crippen LogP contribution in [0.5, 0.6) is 0 Å². The molecule has 68 valence electrons. The van der Waals surface area contributed by atoms with E-state index in [0.717, 1.165) is 0 Å². The van der Waals surface area contributed by atoms with Gasteiger partial charge < -0.3 is 35.8 Å². The van der Waals surface area contributed by atoms with Crippen LogP contribution in [0.25, 0.3) is 0 Å². The largest absolute Gasteiger partial charge is 0.768 e. The highest BCUT2D eigenvalue weighted by Gasteiger charge is 2.37. The fraction of sp³-hybridized carbons (Fsp3) is 1.00. The van der Waals surface area contributed by atoms with Crippen LogP contribution in [0.15, 0.2) is 0 Å². The zero-order valence-electron chi connectivity index (χ0n) is 5.34. The fourth-order valence-electron chi connectivity index (χ4n) is 0.181. The molecule has 0 amide bonds. The molecule has 0 aliphatic carbocycles. The maximum absolute atomic E-state index is 9.74. The summed E-state index contributed by atoms with van der Waals surface area (Å²) in [6, 6.07) is 0. The van der Waals surface area contributed by atoms with Crippen LogP contribution < -0.4 is 6.15 Å². The van der Waals surface area contributed by atoms with Gasteiger partial charge in [0.15, 0.2) is 0 Å². The van der Waals surface area contributed by atoms with Crippen molar-refractivity contribution >= 4 is 9.17 Å². The van der Waals surface area contributed by atoms with Gasteiger partial charge in [-0.2, -0.15) is 0 Å². The average molecular weight is 187 g/mol. The fourth-order valence-corrected chi connectivity index (χ4v) is 0.544. The summed E-state index contributed by atoms with van der Waals surface area (Å²) >= 11 is 0. The number of hydrogen-bond donors (Lipinski definition) is 6. The van der Waals surface area contributed by atoms with E-state index in [9.17, 15) is 4.46 Å². The van der Waals surface area contributed by atoms with Crippen molar-refractivity contribution in [1.82, 2.24) is 6.15 Å². The van der Waals surface area contributed by atoms with E-state index in [1.165, 1.54) is 0 Å². The van der Waals surface area contributed by atoms with Gasteiger partial charge in [-0.05, 0) is 0 Å². The second kappa shape index (κ2) is 4.33. The molecule has 0 fully saturated rings. The van der Waals surface area contributed by atoms with Crippen molar-refractivity contribution in [2.75, 3.05) is 0 Å². The van der Waals surface area contributed by atoms with Gasteiger partial charge >= 0.3 is 15.1 Å². The number of rotatable bonds is 3. The molecule has 0 aliphatic rings. The van der Waals surface area contributed by atoms with Gasteiger partial charge in [-0.1, -0.05) is 0 Å². The highest BCUT2D eigenvalue weighted by Crippen LogP contribution is 2.04. The van der Waals surface area contributed by atoms with Gasteiger partial charge in [-0.3, -0.25) is 4.46 Å². The topological polar surface area (TPSA) is 162 Å². The SMILES string of the molecule is N.O=[Si](O)OC(O)(O)C(O)O. The molecule has 0 saturated heterocycles. The monoisotopic (exact) mass is 187 g/mol. The molecule has 9 heteroatoms. The molecule has 8 nitrogen and oxygen atoms in total. The lowest BCUT2D eigenvalue weighted by atomic mass is 10.5. The third-order valence-electron chi connectivity index (χ3n) is 0.574. The van der Waals surface area contributed by atoms with E-state index in [1.54, 1.807) is 0 Å². The summed E-state index contributed by atoms with van der Waals surface area (Å²) in [6.45, 7) is 0. The summed E-state index contributed by atoms with van der Waals surface area (Å²) in [5.41, 5.74) is 0. The van der Waals surface area contributed by atoms with E-state index in [1.807, 2.05) is 0 Å². The predicted octanol–water partition coefficient (Wildman–Crippen LogP) is -3.48. The maximum Gasteiger partial charge on any atom is 0.768 e. The van der Waals surface area contributed by atoms with E-state index >= 15 is 0 Å². The lowest BCUT2D eigenvalue weighted by Gasteiger charge is -2.20. The summed E-state index contributed by atoms with van der Waals surface area (Å²) in [6.07, 6.45) is -2.64. The molecule has 0 aromatic heterocycles. The molecule has 0 rings (SSSR count). The van der Waals surface area contributed by atoms with Gasteiger partial charge in [-0.25, -0.2) is 0 Å². The third kappa shape index (κ3) is 4.77. The minimum atomic E-state index is -3.61. The quantitative estimate of drug-likeness (QED) is 0.196. The van der Waals surface area contributed by atoms with Gasteiger partial charge in [-0.15, -0.1) is 0 Å². The Hall–Kier alpha value is -0.583. The van der Waals surface area contributed by atoms with Crippen LogP contribution in [0.2, 0.25) is 0 Å². The van der Waals surface area contributed by atoms with Crippen LogP contribution in [-0.4, -0.2) is 46.7 Å². The number of aliphatic hydroxyl groups excluding tert-OH is 1. The van der Waals surface area contributed by atoms with Gasteiger partial charge in [0.25, 0.3) is 0 Å². The van der Waals surface area contributed by atoms with Crippen LogP contribution >= 0.6 is 0 Å². The van der Waals surface area contributed by atoms with Gasteiger partial charge in [0.1, 0.15) is 0 Å². The molecule has 0 saturated carbocycles. The predicted molar refractivity (Wildman–Crippen MR) is 30.2 cm³/mol. The summed E-state index contributed by atoms with van der Waals surface area (Å²) in [5, 5.41) is 32.6. The molecule has 8 N–H and O–H groups in total. The zero-order chi connectivity index (χ0) is 8.36. The number of hydrogen-bond acceptors (Lipinski definition) is 7. The minimum absolute atomic E-state index is 0. The molecule has 0 radical (unpaired) electrons. The maximum atomic E-state index is 9.74. The summed E-state index contributed by atoms with van der Waals surface area (Å²) in [4.78, 5) is 7.92. The van der Waals surface area contributed by atoms with Crippen LogP contribution in [0, 0.1) is 0 Å². The first-order chi connectivity index (χ1) is 4.36. The van der Waals surface area contributed by atoms with Crippen molar-refractivity contribution in [3.05, 3.63) is 0 Å². The Bertz CT molecular complexity index is 134. The molecule has 0 unspecified atom stereocenters. The first-order valence-corrected chi connectivity index (χ1v) is 3.35. The second-order valence-corrected chi connectivity index (χ2v) is 2.14. The molecule has 0 atom stereocenters. The van der Waals surface area contributed by atoms with E-state index in [-0.39, 0.29) is 6.15 Å². The Balaban J connectivity index is 0. The van der Waals surface area contributed by atoms with Crippen molar-refractivity contribution in [2.45, 2.75) is 12.3 Å². The summed E-state index contributed by atoms with van der Waals surface area (Å²) < 4.78 is 13.2. The highest BCUT2D eigenvalue weighted by atomic mass is 28.3. The normalized spacial score (nSPS) is 10.6. The lowest BCUT2D eigenvalue weighted by molar-refractivity contribution is -0.387. The average Bonchev–Trinajstić information content (AvgIpc) is 1.60. The molecule has 11 heavy (non-hydrogen) atoms. The van der Waals surface area contributed by atoms with Crippen molar-refractivity contribution in [1.29, 1.82) is 0 Å². The van der Waals surface area contributed by atoms with Gasteiger partial charge in [0.2, 0.25) is 6.29 Å². The van der Waals surface area contributed by atoms with E-state index in [0.29, 0.717) is 0 Å². The molecular weight excluding hydrogens is 178 g/mol. The highest BCUT2D eigenvalue weighted by molar-refractivity contribution is 6.24. The van der Waals surface area contributed by atoms with Crippen LogP contribution in [0.3, 0.4) is 0 Å². The molecule has 0 heterocycles. The molecular formula is C2H9NO7Si. The van der Waals surface area contributed by atoms with Crippen LogP contribution in [0.4, 0.5) is 0 Å². The Morgan fingerprint density at radius 3 is 1.82 bits per heavy atom. The summed E-state index contributed by atoms with van der Waals surface area (Å²) in [7, 11) is -3.61. The van der Waals surface area contributed by atoms with Crippen molar-refractivity contribution < 1.29 is 34.1 Å². The first-order valence-electron chi connectivity index (χ1n) is 2.09. The Morgan fingerprint density at radius 1 is 1.36 bits per heavy atom. The molecule has 0 aliphatic heterocycles. The van der Waals surface area contributed by atoms with Crippen LogP contribution in [-0.2, 0) is 8.89 Å². The van der Waals surface area contributed by atoms with Crippen LogP contribution in [0.1, 0.15) is 0 Å². The van der Waals surface area contributed by atoms with E-state index in [2.05, 4.69) is 4.43 Å².